The van der Waals surface area contributed by atoms with Crippen molar-refractivity contribution in [2.24, 2.45) is 5.73 Å². The standard InChI is InChI=1S/C9H7BrF3N3O2/c10-6-2-1-4(9(11,12)13)3-5(6)7(17)15-16-8(14)18/h1-3H,(H,15,17)(H3,14,16,18). The highest BCUT2D eigenvalue weighted by atomic mass is 79.9. The molecule has 0 atom stereocenters. The highest BCUT2D eigenvalue weighted by molar-refractivity contribution is 9.10. The lowest BCUT2D eigenvalue weighted by Crippen LogP contribution is -2.44. The van der Waals surface area contributed by atoms with E-state index in [9.17, 15) is 22.8 Å². The summed E-state index contributed by atoms with van der Waals surface area (Å²) in [6, 6.07) is 1.53. The fourth-order valence-corrected chi connectivity index (χ4v) is 1.49. The molecule has 3 amide bonds. The van der Waals surface area contributed by atoms with Gasteiger partial charge in [-0.25, -0.2) is 10.2 Å². The summed E-state index contributed by atoms with van der Waals surface area (Å²) in [5.41, 5.74) is 7.07. The zero-order valence-corrected chi connectivity index (χ0v) is 10.2. The number of carbonyl (C=O) groups excluding carboxylic acids is 2. The van der Waals surface area contributed by atoms with Crippen LogP contribution in [0.2, 0.25) is 0 Å². The summed E-state index contributed by atoms with van der Waals surface area (Å²) in [5.74, 6) is -0.924. The molecule has 0 radical (unpaired) electrons. The number of hydrogen-bond donors (Lipinski definition) is 3. The van der Waals surface area contributed by atoms with Crippen LogP contribution in [0.3, 0.4) is 0 Å². The van der Waals surface area contributed by atoms with Crippen LogP contribution in [0.5, 0.6) is 0 Å². The summed E-state index contributed by atoms with van der Waals surface area (Å²) in [7, 11) is 0. The van der Waals surface area contributed by atoms with Gasteiger partial charge in [0.15, 0.2) is 0 Å². The highest BCUT2D eigenvalue weighted by Crippen LogP contribution is 2.31. The molecule has 1 rings (SSSR count). The molecule has 0 fully saturated rings. The van der Waals surface area contributed by atoms with Crippen molar-refractivity contribution in [2.45, 2.75) is 6.18 Å². The van der Waals surface area contributed by atoms with Crippen molar-refractivity contribution in [3.63, 3.8) is 0 Å². The molecule has 4 N–H and O–H groups in total. The van der Waals surface area contributed by atoms with Crippen LogP contribution in [0.1, 0.15) is 15.9 Å². The van der Waals surface area contributed by atoms with E-state index in [-0.39, 0.29) is 10.0 Å². The van der Waals surface area contributed by atoms with Gasteiger partial charge in [-0.15, -0.1) is 0 Å². The second-order valence-corrected chi connectivity index (χ2v) is 3.99. The minimum absolute atomic E-state index is 0.152. The molecule has 0 spiro atoms. The van der Waals surface area contributed by atoms with Gasteiger partial charge in [0, 0.05) is 4.47 Å². The molecule has 0 saturated carbocycles. The van der Waals surface area contributed by atoms with Crippen molar-refractivity contribution >= 4 is 27.9 Å². The SMILES string of the molecule is NC(=O)NNC(=O)c1cc(C(F)(F)F)ccc1Br. The summed E-state index contributed by atoms with van der Waals surface area (Å²) < 4.78 is 37.5. The van der Waals surface area contributed by atoms with Crippen LogP contribution >= 0.6 is 15.9 Å². The lowest BCUT2D eigenvalue weighted by atomic mass is 10.1. The minimum Gasteiger partial charge on any atom is -0.350 e. The van der Waals surface area contributed by atoms with Gasteiger partial charge in [-0.05, 0) is 34.1 Å². The van der Waals surface area contributed by atoms with E-state index in [1.807, 2.05) is 5.43 Å². The van der Waals surface area contributed by atoms with Gasteiger partial charge < -0.3 is 5.73 Å². The van der Waals surface area contributed by atoms with Crippen LogP contribution in [-0.4, -0.2) is 11.9 Å². The predicted molar refractivity (Wildman–Crippen MR) is 59.3 cm³/mol. The van der Waals surface area contributed by atoms with E-state index in [4.69, 9.17) is 5.73 Å². The lowest BCUT2D eigenvalue weighted by Gasteiger charge is -2.10. The Hall–Kier alpha value is -1.77. The molecular formula is C9H7BrF3N3O2. The van der Waals surface area contributed by atoms with Gasteiger partial charge in [0.05, 0.1) is 11.1 Å². The summed E-state index contributed by atoms with van der Waals surface area (Å²) in [5, 5.41) is 0. The monoisotopic (exact) mass is 325 g/mol. The van der Waals surface area contributed by atoms with Gasteiger partial charge in [0.2, 0.25) is 0 Å². The third-order valence-electron chi connectivity index (χ3n) is 1.84. The second kappa shape index (κ2) is 5.25. The quantitative estimate of drug-likeness (QED) is 0.688. The van der Waals surface area contributed by atoms with Crippen molar-refractivity contribution in [3.8, 4) is 0 Å². The molecule has 1 aromatic carbocycles. The maximum Gasteiger partial charge on any atom is 0.416 e. The molecule has 0 bridgehead atoms. The third-order valence-corrected chi connectivity index (χ3v) is 2.53. The molecule has 0 unspecified atom stereocenters. The Morgan fingerprint density at radius 1 is 1.22 bits per heavy atom. The molecule has 0 aliphatic rings. The summed E-state index contributed by atoms with van der Waals surface area (Å²) >= 11 is 2.93. The number of halogens is 4. The van der Waals surface area contributed by atoms with Crippen LogP contribution in [0.4, 0.5) is 18.0 Å². The number of alkyl halides is 3. The third kappa shape index (κ3) is 3.62. The zero-order valence-electron chi connectivity index (χ0n) is 8.64. The Bertz CT molecular complexity index is 490. The van der Waals surface area contributed by atoms with Crippen LogP contribution < -0.4 is 16.6 Å². The number of nitrogens with one attached hydrogen (secondary N) is 2. The van der Waals surface area contributed by atoms with Crippen molar-refractivity contribution in [1.82, 2.24) is 10.9 Å². The van der Waals surface area contributed by atoms with Crippen LogP contribution in [0.25, 0.3) is 0 Å². The number of hydrazine groups is 1. The molecule has 98 valence electrons. The molecule has 0 saturated heterocycles. The van der Waals surface area contributed by atoms with E-state index >= 15 is 0 Å². The number of primary amides is 1. The average Bonchev–Trinajstić information content (AvgIpc) is 2.24. The molecule has 0 aliphatic heterocycles. The number of urea groups is 1. The number of nitrogens with two attached hydrogens (primary N) is 1. The van der Waals surface area contributed by atoms with Gasteiger partial charge in [0.1, 0.15) is 0 Å². The van der Waals surface area contributed by atoms with Gasteiger partial charge in [-0.3, -0.25) is 10.2 Å². The smallest absolute Gasteiger partial charge is 0.350 e. The fraction of sp³-hybridized carbons (Fsp3) is 0.111. The number of benzene rings is 1. The first-order chi connectivity index (χ1) is 8.21. The molecule has 0 aliphatic carbocycles. The Morgan fingerprint density at radius 3 is 2.33 bits per heavy atom. The predicted octanol–water partition coefficient (Wildman–Crippen LogP) is 1.78. The Labute approximate surface area is 108 Å². The Balaban J connectivity index is 3.01. The number of hydrogen-bond acceptors (Lipinski definition) is 2. The lowest BCUT2D eigenvalue weighted by molar-refractivity contribution is -0.137. The molecule has 9 heteroatoms. The topological polar surface area (TPSA) is 84.2 Å². The van der Waals surface area contributed by atoms with Gasteiger partial charge in [-0.2, -0.15) is 13.2 Å². The molecule has 0 aromatic heterocycles. The number of carbonyl (C=O) groups is 2. The highest BCUT2D eigenvalue weighted by Gasteiger charge is 2.31. The fourth-order valence-electron chi connectivity index (χ4n) is 1.06. The van der Waals surface area contributed by atoms with Gasteiger partial charge in [-0.1, -0.05) is 0 Å². The zero-order chi connectivity index (χ0) is 13.9. The molecule has 0 heterocycles. The van der Waals surface area contributed by atoms with Crippen molar-refractivity contribution in [2.75, 3.05) is 0 Å². The van der Waals surface area contributed by atoms with Crippen molar-refractivity contribution < 1.29 is 22.8 Å². The van der Waals surface area contributed by atoms with E-state index < -0.39 is 23.7 Å². The minimum atomic E-state index is -4.56. The van der Waals surface area contributed by atoms with E-state index in [1.165, 1.54) is 0 Å². The van der Waals surface area contributed by atoms with Gasteiger partial charge in [0.25, 0.3) is 5.91 Å². The Morgan fingerprint density at radius 2 is 1.83 bits per heavy atom. The largest absolute Gasteiger partial charge is 0.416 e. The van der Waals surface area contributed by atoms with Crippen molar-refractivity contribution in [3.05, 3.63) is 33.8 Å². The maximum absolute atomic E-state index is 12.4. The summed E-state index contributed by atoms with van der Waals surface area (Å²) in [6.07, 6.45) is -4.56. The van der Waals surface area contributed by atoms with Gasteiger partial charge >= 0.3 is 12.2 Å². The van der Waals surface area contributed by atoms with Crippen molar-refractivity contribution in [1.29, 1.82) is 0 Å². The summed E-state index contributed by atoms with van der Waals surface area (Å²) in [4.78, 5) is 21.8. The summed E-state index contributed by atoms with van der Waals surface area (Å²) in [6.45, 7) is 0. The normalized spacial score (nSPS) is 10.9. The van der Waals surface area contributed by atoms with E-state index in [0.717, 1.165) is 12.1 Å². The van der Waals surface area contributed by atoms with E-state index in [1.54, 1.807) is 5.43 Å². The Kier molecular flexibility index (Phi) is 4.17. The first kappa shape index (κ1) is 14.3. The van der Waals surface area contributed by atoms with E-state index in [2.05, 4.69) is 15.9 Å². The molecular weight excluding hydrogens is 319 g/mol. The van der Waals surface area contributed by atoms with Crippen LogP contribution in [-0.2, 0) is 6.18 Å². The molecule has 18 heavy (non-hydrogen) atoms. The van der Waals surface area contributed by atoms with E-state index in [0.29, 0.717) is 6.07 Å². The number of rotatable bonds is 1. The second-order valence-electron chi connectivity index (χ2n) is 3.14. The molecule has 5 nitrogen and oxygen atoms in total. The first-order valence-electron chi connectivity index (χ1n) is 4.44. The van der Waals surface area contributed by atoms with Crippen LogP contribution in [0.15, 0.2) is 22.7 Å². The number of amides is 3. The first-order valence-corrected chi connectivity index (χ1v) is 5.23. The van der Waals surface area contributed by atoms with Crippen LogP contribution in [0, 0.1) is 0 Å². The molecule has 1 aromatic rings. The maximum atomic E-state index is 12.4. The average molecular weight is 326 g/mol.